The lowest BCUT2D eigenvalue weighted by Crippen LogP contribution is -2.15. The van der Waals surface area contributed by atoms with Crippen LogP contribution >= 0.6 is 12.4 Å². The summed E-state index contributed by atoms with van der Waals surface area (Å²) in [5, 5.41) is 13.2. The fraction of sp³-hybridized carbons (Fsp3) is 0. The largest absolute Gasteiger partial charge is 0.477 e. The first-order chi connectivity index (χ1) is 5.43. The van der Waals surface area contributed by atoms with Gasteiger partial charge in [0.25, 0.3) is 0 Å². The summed E-state index contributed by atoms with van der Waals surface area (Å²) in [6.07, 6.45) is 1.20. The van der Waals surface area contributed by atoms with Crippen LogP contribution in [-0.4, -0.2) is 24.5 Å². The number of nitrogens with two attached hydrogens (primary N) is 1. The maximum absolute atomic E-state index is 10.7. The first-order valence-corrected chi connectivity index (χ1v) is 4.41. The van der Waals surface area contributed by atoms with Gasteiger partial charge in [-0.25, -0.2) is 18.4 Å². The van der Waals surface area contributed by atoms with Gasteiger partial charge in [0.1, 0.15) is 10.6 Å². The Morgan fingerprint density at radius 3 is 2.38 bits per heavy atom. The van der Waals surface area contributed by atoms with Gasteiger partial charge in [0.2, 0.25) is 10.0 Å². The van der Waals surface area contributed by atoms with E-state index >= 15 is 0 Å². The standard InChI is InChI=1S/C5H6N2O4S.ClH/c6-12(10,11)3-1-2-7-4(3)5(8)9;/h1-2,7H,(H,8,9)(H2,6,10,11);1H. The first-order valence-electron chi connectivity index (χ1n) is 2.86. The minimum Gasteiger partial charge on any atom is -0.477 e. The Balaban J connectivity index is 0.00000144. The monoisotopic (exact) mass is 226 g/mol. The van der Waals surface area contributed by atoms with E-state index in [1.165, 1.54) is 6.20 Å². The van der Waals surface area contributed by atoms with E-state index < -0.39 is 26.6 Å². The Kier molecular flexibility index (Phi) is 3.47. The molecular formula is C5H7ClN2O4S. The molecule has 0 aliphatic heterocycles. The molecule has 1 aromatic rings. The summed E-state index contributed by atoms with van der Waals surface area (Å²) in [6.45, 7) is 0. The van der Waals surface area contributed by atoms with Crippen LogP contribution in [0.5, 0.6) is 0 Å². The molecule has 1 heterocycles. The SMILES string of the molecule is Cl.NS(=O)(=O)c1cc[nH]c1C(=O)O. The summed E-state index contributed by atoms with van der Waals surface area (Å²) < 4.78 is 21.4. The quantitative estimate of drug-likeness (QED) is 0.647. The van der Waals surface area contributed by atoms with Gasteiger partial charge in [-0.3, -0.25) is 0 Å². The summed E-state index contributed by atoms with van der Waals surface area (Å²) in [7, 11) is -3.95. The van der Waals surface area contributed by atoms with Crippen LogP contribution in [0.2, 0.25) is 0 Å². The highest BCUT2D eigenvalue weighted by molar-refractivity contribution is 7.89. The number of hydrogen-bond donors (Lipinski definition) is 3. The minimum absolute atomic E-state index is 0. The van der Waals surface area contributed by atoms with Crippen molar-refractivity contribution in [3.05, 3.63) is 18.0 Å². The number of nitrogens with one attached hydrogen (secondary N) is 1. The molecule has 0 spiro atoms. The van der Waals surface area contributed by atoms with Crippen molar-refractivity contribution in [2.75, 3.05) is 0 Å². The number of hydrogen-bond acceptors (Lipinski definition) is 3. The predicted molar refractivity (Wildman–Crippen MR) is 46.4 cm³/mol. The Labute approximate surface area is 80.2 Å². The van der Waals surface area contributed by atoms with Crippen molar-refractivity contribution in [3.8, 4) is 0 Å². The Morgan fingerprint density at radius 1 is 1.54 bits per heavy atom. The third kappa shape index (κ3) is 2.44. The van der Waals surface area contributed by atoms with Crippen LogP contribution in [-0.2, 0) is 10.0 Å². The predicted octanol–water partition coefficient (Wildman–Crippen LogP) is -0.218. The highest BCUT2D eigenvalue weighted by Gasteiger charge is 2.19. The average Bonchev–Trinajstić information content (AvgIpc) is 2.30. The molecule has 4 N–H and O–H groups in total. The molecule has 0 unspecified atom stereocenters. The molecule has 0 saturated carbocycles. The maximum Gasteiger partial charge on any atom is 0.353 e. The second-order valence-electron chi connectivity index (χ2n) is 2.07. The molecule has 1 rings (SSSR count). The molecule has 0 fully saturated rings. The van der Waals surface area contributed by atoms with Crippen LogP contribution in [0.4, 0.5) is 0 Å². The summed E-state index contributed by atoms with van der Waals surface area (Å²) in [5.41, 5.74) is -0.419. The topological polar surface area (TPSA) is 113 Å². The van der Waals surface area contributed by atoms with Gasteiger partial charge in [-0.05, 0) is 6.07 Å². The zero-order valence-electron chi connectivity index (χ0n) is 6.22. The van der Waals surface area contributed by atoms with Crippen LogP contribution in [0.25, 0.3) is 0 Å². The highest BCUT2D eigenvalue weighted by atomic mass is 35.5. The summed E-state index contributed by atoms with van der Waals surface area (Å²) >= 11 is 0. The third-order valence-electron chi connectivity index (χ3n) is 1.23. The van der Waals surface area contributed by atoms with Gasteiger partial charge in [0, 0.05) is 6.20 Å². The number of sulfonamides is 1. The Morgan fingerprint density at radius 2 is 2.08 bits per heavy atom. The fourth-order valence-electron chi connectivity index (χ4n) is 0.759. The van der Waals surface area contributed by atoms with E-state index in [1.54, 1.807) is 0 Å². The molecule has 0 aliphatic rings. The Bertz CT molecular complexity index is 410. The van der Waals surface area contributed by atoms with Gasteiger partial charge in [-0.2, -0.15) is 0 Å². The highest BCUT2D eigenvalue weighted by Crippen LogP contribution is 2.11. The van der Waals surface area contributed by atoms with E-state index in [9.17, 15) is 13.2 Å². The molecule has 13 heavy (non-hydrogen) atoms. The molecule has 0 aliphatic carbocycles. The lowest BCUT2D eigenvalue weighted by atomic mass is 10.4. The minimum atomic E-state index is -3.95. The average molecular weight is 227 g/mol. The lowest BCUT2D eigenvalue weighted by molar-refractivity contribution is 0.0687. The first kappa shape index (κ1) is 11.9. The molecular weight excluding hydrogens is 220 g/mol. The number of carboxylic acid groups (broad SMARTS) is 1. The zero-order chi connectivity index (χ0) is 9.35. The smallest absolute Gasteiger partial charge is 0.353 e. The van der Waals surface area contributed by atoms with Crippen molar-refractivity contribution in [2.45, 2.75) is 4.90 Å². The van der Waals surface area contributed by atoms with Gasteiger partial charge in [-0.1, -0.05) is 0 Å². The number of carboxylic acids is 1. The number of carbonyl (C=O) groups is 1. The van der Waals surface area contributed by atoms with Crippen molar-refractivity contribution < 1.29 is 18.3 Å². The second kappa shape index (κ2) is 3.77. The summed E-state index contributed by atoms with van der Waals surface area (Å²) in [6, 6.07) is 1.10. The van der Waals surface area contributed by atoms with Gasteiger partial charge < -0.3 is 10.1 Å². The number of aromatic nitrogens is 1. The maximum atomic E-state index is 10.7. The number of aromatic amines is 1. The van der Waals surface area contributed by atoms with E-state index in [4.69, 9.17) is 10.2 Å². The van der Waals surface area contributed by atoms with E-state index in [1.807, 2.05) is 0 Å². The molecule has 1 aromatic heterocycles. The van der Waals surface area contributed by atoms with Crippen LogP contribution in [0, 0.1) is 0 Å². The van der Waals surface area contributed by atoms with Gasteiger partial charge in [-0.15, -0.1) is 12.4 Å². The zero-order valence-corrected chi connectivity index (χ0v) is 7.85. The van der Waals surface area contributed by atoms with Crippen LogP contribution in [0.15, 0.2) is 17.2 Å². The van der Waals surface area contributed by atoms with Crippen LogP contribution in [0.1, 0.15) is 10.5 Å². The van der Waals surface area contributed by atoms with Crippen molar-refractivity contribution in [3.63, 3.8) is 0 Å². The van der Waals surface area contributed by atoms with Crippen molar-refractivity contribution in [1.82, 2.24) is 4.98 Å². The molecule has 0 bridgehead atoms. The van der Waals surface area contributed by atoms with Gasteiger partial charge >= 0.3 is 5.97 Å². The second-order valence-corrected chi connectivity index (χ2v) is 3.60. The molecule has 8 heteroatoms. The third-order valence-corrected chi connectivity index (χ3v) is 2.18. The van der Waals surface area contributed by atoms with Crippen molar-refractivity contribution in [1.29, 1.82) is 0 Å². The lowest BCUT2D eigenvalue weighted by Gasteiger charge is -1.94. The number of H-pyrrole nitrogens is 1. The van der Waals surface area contributed by atoms with Crippen LogP contribution in [0.3, 0.4) is 0 Å². The number of aromatic carboxylic acids is 1. The van der Waals surface area contributed by atoms with Crippen LogP contribution < -0.4 is 5.14 Å². The molecule has 0 radical (unpaired) electrons. The van der Waals surface area contributed by atoms with E-state index in [2.05, 4.69) is 4.98 Å². The molecule has 0 amide bonds. The molecule has 0 atom stereocenters. The van der Waals surface area contributed by atoms with Gasteiger partial charge in [0.05, 0.1) is 0 Å². The van der Waals surface area contributed by atoms with Crippen molar-refractivity contribution >= 4 is 28.4 Å². The molecule has 0 aromatic carbocycles. The summed E-state index contributed by atoms with van der Waals surface area (Å²) in [5.74, 6) is -1.36. The molecule has 74 valence electrons. The normalized spacial score (nSPS) is 10.5. The Hall–Kier alpha value is -1.05. The molecule has 0 saturated heterocycles. The number of primary sulfonamides is 1. The van der Waals surface area contributed by atoms with E-state index in [-0.39, 0.29) is 12.4 Å². The van der Waals surface area contributed by atoms with E-state index in [0.29, 0.717) is 0 Å². The van der Waals surface area contributed by atoms with E-state index in [0.717, 1.165) is 6.07 Å². The number of halogens is 1. The number of rotatable bonds is 2. The molecule has 6 nitrogen and oxygen atoms in total. The van der Waals surface area contributed by atoms with Crippen molar-refractivity contribution in [2.24, 2.45) is 5.14 Å². The fourth-order valence-corrected chi connectivity index (χ4v) is 1.45. The summed E-state index contributed by atoms with van der Waals surface area (Å²) in [4.78, 5) is 12.2. The van der Waals surface area contributed by atoms with Gasteiger partial charge in [0.15, 0.2) is 0 Å².